The Hall–Kier alpha value is -4.08. The number of anilines is 2. The van der Waals surface area contributed by atoms with Crippen LogP contribution in [0.15, 0.2) is 84.9 Å². The van der Waals surface area contributed by atoms with E-state index in [1.165, 1.54) is 6.07 Å². The summed E-state index contributed by atoms with van der Waals surface area (Å²) in [5.41, 5.74) is 4.19. The van der Waals surface area contributed by atoms with Crippen molar-refractivity contribution in [2.24, 2.45) is 0 Å². The second-order valence-electron chi connectivity index (χ2n) is 9.70. The van der Waals surface area contributed by atoms with Gasteiger partial charge in [0.1, 0.15) is 17.3 Å². The van der Waals surface area contributed by atoms with Crippen molar-refractivity contribution in [2.45, 2.75) is 32.9 Å². The molecule has 0 spiro atoms. The SMILES string of the molecule is Cc1c(NS(C)(=O)=O)cccc1N(Cc1ccc(Oc2ccc(CCC(=O)O)cc2)cc1)Cc1ccc(Cl)cc1F. The number of nitrogens with one attached hydrogen (secondary N) is 1. The standard InChI is InChI=1S/C31H30ClFN2O5S/c1-21-29(34-41(2,38)39)4-3-5-30(21)35(20-24-11-12-25(32)18-28(24)33)19-23-8-15-27(16-9-23)40-26-13-6-22(7-14-26)10-17-31(36)37/h3-9,11-16,18,34H,10,17,19-20H2,1-2H3,(H,36,37). The molecule has 0 aliphatic rings. The van der Waals surface area contributed by atoms with Gasteiger partial charge in [0.25, 0.3) is 0 Å². The molecular weight excluding hydrogens is 567 g/mol. The molecule has 0 saturated heterocycles. The zero-order valence-electron chi connectivity index (χ0n) is 22.6. The van der Waals surface area contributed by atoms with E-state index in [0.29, 0.717) is 46.3 Å². The maximum absolute atomic E-state index is 14.8. The quantitative estimate of drug-likeness (QED) is 0.180. The van der Waals surface area contributed by atoms with Crippen LogP contribution in [0.25, 0.3) is 0 Å². The fourth-order valence-electron chi connectivity index (χ4n) is 4.35. The van der Waals surface area contributed by atoms with Crippen LogP contribution in [-0.4, -0.2) is 25.7 Å². The molecule has 0 aliphatic heterocycles. The summed E-state index contributed by atoms with van der Waals surface area (Å²) in [5, 5.41) is 9.16. The summed E-state index contributed by atoms with van der Waals surface area (Å²) < 4.78 is 47.1. The summed E-state index contributed by atoms with van der Waals surface area (Å²) in [6, 6.07) is 24.6. The summed E-state index contributed by atoms with van der Waals surface area (Å²) in [4.78, 5) is 12.8. The van der Waals surface area contributed by atoms with Crippen LogP contribution in [0.2, 0.25) is 5.02 Å². The fourth-order valence-corrected chi connectivity index (χ4v) is 5.13. The molecule has 0 aromatic heterocycles. The van der Waals surface area contributed by atoms with Crippen molar-refractivity contribution in [1.29, 1.82) is 0 Å². The molecule has 4 aromatic rings. The first-order chi connectivity index (χ1) is 19.5. The van der Waals surface area contributed by atoms with Gasteiger partial charge in [0.2, 0.25) is 10.0 Å². The average Bonchev–Trinajstić information content (AvgIpc) is 2.91. The molecule has 0 radical (unpaired) electrons. The van der Waals surface area contributed by atoms with Crippen molar-refractivity contribution in [2.75, 3.05) is 15.9 Å². The van der Waals surface area contributed by atoms with Gasteiger partial charge in [-0.2, -0.15) is 0 Å². The number of aliphatic carboxylic acids is 1. The number of carbonyl (C=O) groups is 1. The van der Waals surface area contributed by atoms with Crippen molar-refractivity contribution in [3.63, 3.8) is 0 Å². The van der Waals surface area contributed by atoms with Gasteiger partial charge in [-0.15, -0.1) is 0 Å². The predicted octanol–water partition coefficient (Wildman–Crippen LogP) is 7.18. The lowest BCUT2D eigenvalue weighted by Crippen LogP contribution is -2.24. The Bertz CT molecular complexity index is 1630. The molecule has 0 aliphatic carbocycles. The minimum absolute atomic E-state index is 0.0708. The monoisotopic (exact) mass is 596 g/mol. The first-order valence-corrected chi connectivity index (χ1v) is 15.1. The number of carboxylic acid groups (broad SMARTS) is 1. The minimum Gasteiger partial charge on any atom is -0.481 e. The lowest BCUT2D eigenvalue weighted by Gasteiger charge is -2.28. The molecular formula is C31H30ClFN2O5S. The van der Waals surface area contributed by atoms with Crippen LogP contribution in [0.5, 0.6) is 11.5 Å². The Labute approximate surface area is 244 Å². The van der Waals surface area contributed by atoms with Crippen LogP contribution >= 0.6 is 11.6 Å². The molecule has 10 heteroatoms. The van der Waals surface area contributed by atoms with E-state index in [9.17, 15) is 17.6 Å². The normalized spacial score (nSPS) is 11.2. The molecule has 0 unspecified atom stereocenters. The number of aryl methyl sites for hydroxylation is 1. The first-order valence-electron chi connectivity index (χ1n) is 12.8. The molecule has 0 amide bonds. The van der Waals surface area contributed by atoms with Gasteiger partial charge in [-0.25, -0.2) is 12.8 Å². The Morgan fingerprint density at radius 3 is 2.17 bits per heavy atom. The third-order valence-corrected chi connectivity index (χ3v) is 7.23. The largest absolute Gasteiger partial charge is 0.481 e. The summed E-state index contributed by atoms with van der Waals surface area (Å²) in [6.07, 6.45) is 1.62. The van der Waals surface area contributed by atoms with E-state index >= 15 is 0 Å². The van der Waals surface area contributed by atoms with Crippen LogP contribution < -0.4 is 14.4 Å². The number of ether oxygens (including phenoxy) is 1. The highest BCUT2D eigenvalue weighted by Gasteiger charge is 2.17. The number of hydrogen-bond donors (Lipinski definition) is 2. The molecule has 0 atom stereocenters. The number of nitrogens with zero attached hydrogens (tertiary/aromatic N) is 1. The maximum Gasteiger partial charge on any atom is 0.303 e. The highest BCUT2D eigenvalue weighted by Crippen LogP contribution is 2.31. The van der Waals surface area contributed by atoms with E-state index in [0.717, 1.165) is 23.1 Å². The van der Waals surface area contributed by atoms with Crippen LogP contribution in [0.4, 0.5) is 15.8 Å². The van der Waals surface area contributed by atoms with Gasteiger partial charge in [0, 0.05) is 35.8 Å². The summed E-state index contributed by atoms with van der Waals surface area (Å²) in [5.74, 6) is -0.0145. The lowest BCUT2D eigenvalue weighted by molar-refractivity contribution is -0.136. The summed E-state index contributed by atoms with van der Waals surface area (Å²) in [6.45, 7) is 2.44. The van der Waals surface area contributed by atoms with Gasteiger partial charge < -0.3 is 14.7 Å². The van der Waals surface area contributed by atoms with Gasteiger partial charge in [-0.05, 0) is 78.6 Å². The zero-order chi connectivity index (χ0) is 29.6. The Morgan fingerprint density at radius 2 is 1.59 bits per heavy atom. The molecule has 7 nitrogen and oxygen atoms in total. The minimum atomic E-state index is -3.49. The topological polar surface area (TPSA) is 95.9 Å². The Morgan fingerprint density at radius 1 is 0.951 bits per heavy atom. The molecule has 0 saturated carbocycles. The van der Waals surface area contributed by atoms with Crippen LogP contribution in [-0.2, 0) is 34.3 Å². The number of hydrogen-bond acceptors (Lipinski definition) is 5. The molecule has 0 heterocycles. The molecule has 4 rings (SSSR count). The van der Waals surface area contributed by atoms with E-state index < -0.39 is 21.8 Å². The third kappa shape index (κ3) is 8.70. The van der Waals surface area contributed by atoms with Crippen molar-refractivity contribution >= 4 is 39.0 Å². The highest BCUT2D eigenvalue weighted by molar-refractivity contribution is 7.92. The molecule has 0 fully saturated rings. The Balaban J connectivity index is 1.55. The zero-order valence-corrected chi connectivity index (χ0v) is 24.2. The molecule has 4 aromatic carbocycles. The highest BCUT2D eigenvalue weighted by atomic mass is 35.5. The van der Waals surface area contributed by atoms with Gasteiger partial charge in [0.15, 0.2) is 0 Å². The van der Waals surface area contributed by atoms with Crippen molar-refractivity contribution < 1.29 is 27.4 Å². The van der Waals surface area contributed by atoms with Crippen molar-refractivity contribution in [1.82, 2.24) is 0 Å². The van der Waals surface area contributed by atoms with E-state index in [1.807, 2.05) is 54.3 Å². The lowest BCUT2D eigenvalue weighted by atomic mass is 10.1. The second kappa shape index (κ2) is 13.1. The van der Waals surface area contributed by atoms with Crippen LogP contribution in [0, 0.1) is 12.7 Å². The molecule has 214 valence electrons. The maximum atomic E-state index is 14.8. The molecule has 41 heavy (non-hydrogen) atoms. The average molecular weight is 597 g/mol. The fraction of sp³-hybridized carbons (Fsp3) is 0.194. The van der Waals surface area contributed by atoms with Gasteiger partial charge in [-0.3, -0.25) is 9.52 Å². The number of carboxylic acids is 1. The predicted molar refractivity (Wildman–Crippen MR) is 160 cm³/mol. The van der Waals surface area contributed by atoms with Crippen LogP contribution in [0.3, 0.4) is 0 Å². The molecule has 2 N–H and O–H groups in total. The summed E-state index contributed by atoms with van der Waals surface area (Å²) in [7, 11) is -3.49. The third-order valence-electron chi connectivity index (χ3n) is 6.40. The van der Waals surface area contributed by atoms with Crippen LogP contribution in [0.1, 0.15) is 28.7 Å². The number of halogens is 2. The van der Waals surface area contributed by atoms with Gasteiger partial charge in [-0.1, -0.05) is 48.0 Å². The van der Waals surface area contributed by atoms with E-state index in [1.54, 1.807) is 36.4 Å². The van der Waals surface area contributed by atoms with E-state index in [4.69, 9.17) is 21.4 Å². The number of sulfonamides is 1. The Kier molecular flexibility index (Phi) is 9.52. The van der Waals surface area contributed by atoms with Gasteiger partial charge >= 0.3 is 5.97 Å². The van der Waals surface area contributed by atoms with Crippen molar-refractivity contribution in [3.8, 4) is 11.5 Å². The summed E-state index contributed by atoms with van der Waals surface area (Å²) >= 11 is 5.96. The smallest absolute Gasteiger partial charge is 0.303 e. The van der Waals surface area contributed by atoms with E-state index in [2.05, 4.69) is 4.72 Å². The number of benzene rings is 4. The number of rotatable bonds is 12. The van der Waals surface area contributed by atoms with Crippen molar-refractivity contribution in [3.05, 3.63) is 118 Å². The first kappa shape index (κ1) is 29.9. The van der Waals surface area contributed by atoms with E-state index in [-0.39, 0.29) is 13.0 Å². The van der Waals surface area contributed by atoms with Gasteiger partial charge in [0.05, 0.1) is 11.9 Å². The molecule has 0 bridgehead atoms. The second-order valence-corrected chi connectivity index (χ2v) is 11.9.